The van der Waals surface area contributed by atoms with Crippen LogP contribution in [0, 0.1) is 0 Å². The van der Waals surface area contributed by atoms with Gasteiger partial charge in [-0.3, -0.25) is 0 Å². The Labute approximate surface area is 95.4 Å². The van der Waals surface area contributed by atoms with Gasteiger partial charge in [-0.25, -0.2) is 8.42 Å². The summed E-state index contributed by atoms with van der Waals surface area (Å²) in [6.07, 6.45) is 0.808. The van der Waals surface area contributed by atoms with E-state index in [9.17, 15) is 8.42 Å². The summed E-state index contributed by atoms with van der Waals surface area (Å²) in [5.74, 6) is 0. The monoisotopic (exact) mass is 247 g/mol. The van der Waals surface area contributed by atoms with Crippen LogP contribution in [0.5, 0.6) is 0 Å². The zero-order chi connectivity index (χ0) is 11.5. The first kappa shape index (κ1) is 12.7. The zero-order valence-electron chi connectivity index (χ0n) is 9.23. The quantitative estimate of drug-likeness (QED) is 0.864. The minimum absolute atomic E-state index is 0.0112. The molecular weight excluding hydrogens is 230 g/mol. The maximum atomic E-state index is 12.1. The van der Waals surface area contributed by atoms with Crippen LogP contribution in [-0.4, -0.2) is 26.8 Å². The van der Waals surface area contributed by atoms with Crippen LogP contribution in [0.4, 0.5) is 0 Å². The molecule has 5 heteroatoms. The summed E-state index contributed by atoms with van der Waals surface area (Å²) >= 11 is 1.28. The normalized spacial score (nSPS) is 16.2. The van der Waals surface area contributed by atoms with E-state index in [1.807, 2.05) is 6.92 Å². The summed E-state index contributed by atoms with van der Waals surface area (Å²) in [7, 11) is -1.36. The first-order chi connectivity index (χ1) is 7.04. The Morgan fingerprint density at radius 2 is 2.20 bits per heavy atom. The molecule has 0 saturated heterocycles. The molecule has 0 saturated carbocycles. The van der Waals surface area contributed by atoms with Gasteiger partial charge in [0.25, 0.3) is 0 Å². The Morgan fingerprint density at radius 1 is 1.53 bits per heavy atom. The number of rotatable bonds is 5. The van der Waals surface area contributed by atoms with Crippen LogP contribution in [0.15, 0.2) is 21.7 Å². The molecule has 1 heterocycles. The molecule has 0 amide bonds. The number of sulfone groups is 1. The molecule has 1 rings (SSSR count). The fourth-order valence-corrected chi connectivity index (χ4v) is 4.60. The molecule has 0 fully saturated rings. The molecular formula is C10H17NO2S2. The third-order valence-corrected chi connectivity index (χ3v) is 6.29. The van der Waals surface area contributed by atoms with E-state index in [1.165, 1.54) is 11.3 Å². The van der Waals surface area contributed by atoms with Crippen molar-refractivity contribution in [2.75, 3.05) is 7.05 Å². The van der Waals surface area contributed by atoms with Crippen LogP contribution in [0.1, 0.15) is 20.3 Å². The van der Waals surface area contributed by atoms with Gasteiger partial charge in [-0.2, -0.15) is 0 Å². The lowest BCUT2D eigenvalue weighted by molar-refractivity contribution is 0.506. The van der Waals surface area contributed by atoms with Gasteiger partial charge in [0.15, 0.2) is 9.84 Å². The predicted octanol–water partition coefficient (Wildman–Crippen LogP) is 1.91. The molecule has 0 bridgehead atoms. The summed E-state index contributed by atoms with van der Waals surface area (Å²) < 4.78 is 24.7. The molecule has 0 aromatic carbocycles. The number of hydrogen-bond acceptors (Lipinski definition) is 4. The zero-order valence-corrected chi connectivity index (χ0v) is 10.9. The van der Waals surface area contributed by atoms with Gasteiger partial charge < -0.3 is 5.32 Å². The highest BCUT2D eigenvalue weighted by atomic mass is 32.2. The summed E-state index contributed by atoms with van der Waals surface area (Å²) in [5, 5.41) is 4.45. The molecule has 2 atom stereocenters. The number of nitrogens with one attached hydrogen (secondary N) is 1. The minimum Gasteiger partial charge on any atom is -0.316 e. The Hall–Kier alpha value is -0.390. The molecule has 15 heavy (non-hydrogen) atoms. The third-order valence-electron chi connectivity index (χ3n) is 2.64. The molecule has 0 spiro atoms. The molecule has 0 aliphatic heterocycles. The summed E-state index contributed by atoms with van der Waals surface area (Å²) in [4.78, 5) is 0. The standard InChI is InChI=1S/C10H17NO2S2/c1-4-9(11-3)8(2)15(12,13)10-6-5-7-14-10/h5-9,11H,4H2,1-3H3. The van der Waals surface area contributed by atoms with Gasteiger partial charge in [-0.1, -0.05) is 13.0 Å². The Morgan fingerprint density at radius 3 is 2.60 bits per heavy atom. The van der Waals surface area contributed by atoms with Crippen LogP contribution >= 0.6 is 11.3 Å². The van der Waals surface area contributed by atoms with Crippen molar-refractivity contribution in [2.24, 2.45) is 0 Å². The second-order valence-electron chi connectivity index (χ2n) is 3.49. The second kappa shape index (κ2) is 5.09. The van der Waals surface area contributed by atoms with Crippen LogP contribution in [0.3, 0.4) is 0 Å². The van der Waals surface area contributed by atoms with E-state index in [-0.39, 0.29) is 11.3 Å². The molecule has 0 radical (unpaired) electrons. The van der Waals surface area contributed by atoms with E-state index in [0.29, 0.717) is 4.21 Å². The average Bonchev–Trinajstić information content (AvgIpc) is 2.72. The fourth-order valence-electron chi connectivity index (χ4n) is 1.60. The molecule has 86 valence electrons. The summed E-state index contributed by atoms with van der Waals surface area (Å²) in [5.41, 5.74) is 0. The second-order valence-corrected chi connectivity index (χ2v) is 6.97. The van der Waals surface area contributed by atoms with Gasteiger partial charge >= 0.3 is 0 Å². The predicted molar refractivity (Wildman–Crippen MR) is 64.1 cm³/mol. The number of hydrogen-bond donors (Lipinski definition) is 1. The molecule has 0 aliphatic carbocycles. The highest BCUT2D eigenvalue weighted by molar-refractivity contribution is 7.94. The lowest BCUT2D eigenvalue weighted by Gasteiger charge is -2.21. The van der Waals surface area contributed by atoms with Crippen LogP contribution in [-0.2, 0) is 9.84 Å². The fraction of sp³-hybridized carbons (Fsp3) is 0.600. The highest BCUT2D eigenvalue weighted by Crippen LogP contribution is 2.23. The van der Waals surface area contributed by atoms with Crippen molar-refractivity contribution >= 4 is 21.2 Å². The van der Waals surface area contributed by atoms with Crippen molar-refractivity contribution < 1.29 is 8.42 Å². The van der Waals surface area contributed by atoms with E-state index in [1.54, 1.807) is 31.5 Å². The Bertz CT molecular complexity index is 380. The summed E-state index contributed by atoms with van der Waals surface area (Å²) in [6.45, 7) is 3.75. The van der Waals surface area contributed by atoms with Gasteiger partial charge in [0.1, 0.15) is 4.21 Å². The van der Waals surface area contributed by atoms with Gasteiger partial charge in [0.2, 0.25) is 0 Å². The largest absolute Gasteiger partial charge is 0.316 e. The maximum absolute atomic E-state index is 12.1. The van der Waals surface area contributed by atoms with E-state index in [4.69, 9.17) is 0 Å². The van der Waals surface area contributed by atoms with Crippen LogP contribution < -0.4 is 5.32 Å². The van der Waals surface area contributed by atoms with Crippen LogP contribution in [0.2, 0.25) is 0 Å². The molecule has 1 N–H and O–H groups in total. The van der Waals surface area contributed by atoms with Crippen LogP contribution in [0.25, 0.3) is 0 Å². The van der Waals surface area contributed by atoms with E-state index in [2.05, 4.69) is 5.32 Å². The Balaban J connectivity index is 2.97. The molecule has 1 aromatic rings. The van der Waals surface area contributed by atoms with E-state index < -0.39 is 9.84 Å². The smallest absolute Gasteiger partial charge is 0.191 e. The average molecular weight is 247 g/mol. The first-order valence-corrected chi connectivity index (χ1v) is 7.41. The highest BCUT2D eigenvalue weighted by Gasteiger charge is 2.29. The van der Waals surface area contributed by atoms with Crippen molar-refractivity contribution in [3.63, 3.8) is 0 Å². The lowest BCUT2D eigenvalue weighted by atomic mass is 10.2. The van der Waals surface area contributed by atoms with E-state index in [0.717, 1.165) is 6.42 Å². The van der Waals surface area contributed by atoms with Gasteiger partial charge in [0, 0.05) is 6.04 Å². The first-order valence-electron chi connectivity index (χ1n) is 4.98. The van der Waals surface area contributed by atoms with Crippen molar-refractivity contribution in [1.29, 1.82) is 0 Å². The molecule has 3 nitrogen and oxygen atoms in total. The number of thiophene rings is 1. The topological polar surface area (TPSA) is 46.2 Å². The van der Waals surface area contributed by atoms with Crippen molar-refractivity contribution in [3.05, 3.63) is 17.5 Å². The van der Waals surface area contributed by atoms with Gasteiger partial charge in [-0.15, -0.1) is 11.3 Å². The third kappa shape index (κ3) is 2.59. The molecule has 1 aromatic heterocycles. The van der Waals surface area contributed by atoms with Crippen molar-refractivity contribution in [3.8, 4) is 0 Å². The summed E-state index contributed by atoms with van der Waals surface area (Å²) in [6, 6.07) is 3.45. The maximum Gasteiger partial charge on any atom is 0.191 e. The van der Waals surface area contributed by atoms with Gasteiger partial charge in [0.05, 0.1) is 5.25 Å². The van der Waals surface area contributed by atoms with Crippen molar-refractivity contribution in [1.82, 2.24) is 5.32 Å². The minimum atomic E-state index is -3.16. The SMILES string of the molecule is CCC(NC)C(C)S(=O)(=O)c1cccs1. The lowest BCUT2D eigenvalue weighted by Crippen LogP contribution is -2.39. The molecule has 0 aliphatic rings. The molecule has 2 unspecified atom stereocenters. The van der Waals surface area contributed by atoms with E-state index >= 15 is 0 Å². The Kier molecular flexibility index (Phi) is 4.31. The van der Waals surface area contributed by atoms with Gasteiger partial charge in [-0.05, 0) is 31.8 Å². The van der Waals surface area contributed by atoms with Crippen molar-refractivity contribution in [2.45, 2.75) is 35.8 Å².